The maximum Gasteiger partial charge on any atom is 0.270 e. The first-order valence-electron chi connectivity index (χ1n) is 10.4. The van der Waals surface area contributed by atoms with E-state index in [-0.39, 0.29) is 15.8 Å². The number of thiazole rings is 1. The van der Waals surface area contributed by atoms with Crippen molar-refractivity contribution in [2.45, 2.75) is 9.50 Å². The molecule has 0 saturated carbocycles. The van der Waals surface area contributed by atoms with E-state index in [1.165, 1.54) is 34.1 Å². The lowest BCUT2D eigenvalue weighted by Crippen LogP contribution is -2.54. The molecule has 12 heteroatoms. The number of nitrogens with zero attached hydrogens (tertiary/aromatic N) is 4. The number of para-hydroxylation sites is 1. The van der Waals surface area contributed by atoms with Crippen molar-refractivity contribution in [1.82, 2.24) is 19.9 Å². The maximum absolute atomic E-state index is 13.3. The Bertz CT molecular complexity index is 1500. The van der Waals surface area contributed by atoms with Crippen molar-refractivity contribution in [2.75, 3.05) is 4.90 Å². The van der Waals surface area contributed by atoms with Gasteiger partial charge in [0.2, 0.25) is 0 Å². The fraction of sp³-hybridized carbons (Fsp3) is 0.0417. The average Bonchev–Trinajstić information content (AvgIpc) is 3.42. The number of amides is 2. The first kappa shape index (κ1) is 24.2. The van der Waals surface area contributed by atoms with Crippen LogP contribution in [0.15, 0.2) is 82.1 Å². The van der Waals surface area contributed by atoms with Gasteiger partial charge in [0.05, 0.1) is 10.6 Å². The first-order valence-corrected chi connectivity index (χ1v) is 12.9. The van der Waals surface area contributed by atoms with Gasteiger partial charge in [-0.2, -0.15) is 0 Å². The van der Waals surface area contributed by atoms with E-state index in [1.807, 2.05) is 48.1 Å². The number of halogens is 1. The van der Waals surface area contributed by atoms with Gasteiger partial charge < -0.3 is 9.30 Å². The fourth-order valence-electron chi connectivity index (χ4n) is 3.27. The fourth-order valence-corrected chi connectivity index (χ4v) is 5.81. The summed E-state index contributed by atoms with van der Waals surface area (Å²) in [7, 11) is 1.87. The Hall–Kier alpha value is -3.51. The Morgan fingerprint density at radius 2 is 1.83 bits per heavy atom. The Kier molecular flexibility index (Phi) is 6.88. The largest absolute Gasteiger partial charge is 0.457 e. The number of benzene rings is 2. The minimum absolute atomic E-state index is 0.0136. The third-order valence-electron chi connectivity index (χ3n) is 5.00. The molecule has 1 saturated heterocycles. The number of aryl methyl sites for hydroxylation is 1. The highest BCUT2D eigenvalue weighted by Crippen LogP contribution is 2.36. The van der Waals surface area contributed by atoms with Crippen LogP contribution in [-0.4, -0.2) is 31.5 Å². The van der Waals surface area contributed by atoms with Crippen molar-refractivity contribution in [3.63, 3.8) is 0 Å². The summed E-state index contributed by atoms with van der Waals surface area (Å²) in [6, 6.07) is 16.2. The number of aromatic nitrogens is 3. The molecule has 0 bridgehead atoms. The van der Waals surface area contributed by atoms with E-state index in [0.29, 0.717) is 26.4 Å². The number of anilines is 1. The molecule has 2 aromatic heterocycles. The monoisotopic (exact) mass is 553 g/mol. The lowest BCUT2D eigenvalue weighted by Gasteiger charge is -2.28. The summed E-state index contributed by atoms with van der Waals surface area (Å²) in [5.41, 5.74) is 0.380. The summed E-state index contributed by atoms with van der Waals surface area (Å²) in [6.45, 7) is 0. The summed E-state index contributed by atoms with van der Waals surface area (Å²) in [5, 5.41) is 3.49. The highest BCUT2D eigenvalue weighted by atomic mass is 35.5. The predicted molar refractivity (Wildman–Crippen MR) is 144 cm³/mol. The Labute approximate surface area is 224 Å². The van der Waals surface area contributed by atoms with Gasteiger partial charge in [0, 0.05) is 19.4 Å². The van der Waals surface area contributed by atoms with Crippen LogP contribution >= 0.6 is 46.9 Å². The van der Waals surface area contributed by atoms with Crippen LogP contribution in [0.4, 0.5) is 5.69 Å². The van der Waals surface area contributed by atoms with Crippen molar-refractivity contribution < 1.29 is 14.3 Å². The van der Waals surface area contributed by atoms with Crippen molar-refractivity contribution in [2.24, 2.45) is 7.05 Å². The molecular weight excluding hydrogens is 538 g/mol. The number of thiocarbonyl (C=S) groups is 1. The van der Waals surface area contributed by atoms with E-state index in [2.05, 4.69) is 15.3 Å². The van der Waals surface area contributed by atoms with Gasteiger partial charge in [-0.15, -0.1) is 11.3 Å². The molecule has 0 unspecified atom stereocenters. The van der Waals surface area contributed by atoms with E-state index in [1.54, 1.807) is 30.5 Å². The van der Waals surface area contributed by atoms with Gasteiger partial charge in [-0.3, -0.25) is 19.8 Å². The minimum atomic E-state index is -0.604. The molecule has 1 N–H and O–H groups in total. The number of imidazole rings is 1. The minimum Gasteiger partial charge on any atom is -0.457 e. The van der Waals surface area contributed by atoms with Gasteiger partial charge in [0.25, 0.3) is 11.8 Å². The zero-order chi connectivity index (χ0) is 25.2. The van der Waals surface area contributed by atoms with E-state index in [4.69, 9.17) is 28.6 Å². The molecule has 180 valence electrons. The topological polar surface area (TPSA) is 89.3 Å². The smallest absolute Gasteiger partial charge is 0.270 e. The van der Waals surface area contributed by atoms with Crippen molar-refractivity contribution in [3.8, 4) is 11.5 Å². The second-order valence-electron chi connectivity index (χ2n) is 7.42. The second kappa shape index (κ2) is 10.2. The van der Waals surface area contributed by atoms with Crippen LogP contribution < -0.4 is 15.0 Å². The van der Waals surface area contributed by atoms with Gasteiger partial charge >= 0.3 is 0 Å². The molecule has 5 rings (SSSR count). The number of rotatable bonds is 6. The van der Waals surface area contributed by atoms with Gasteiger partial charge in [-0.25, -0.2) is 9.97 Å². The molecular formula is C24H16ClN5O3S3. The number of carbonyl (C=O) groups is 2. The van der Waals surface area contributed by atoms with Crippen LogP contribution in [0.25, 0.3) is 6.08 Å². The van der Waals surface area contributed by atoms with Gasteiger partial charge in [-0.05, 0) is 66.5 Å². The second-order valence-corrected chi connectivity index (χ2v) is 10.4. The number of hydrogen-bond donors (Lipinski definition) is 1. The van der Waals surface area contributed by atoms with Crippen molar-refractivity contribution >= 4 is 75.6 Å². The highest BCUT2D eigenvalue weighted by Gasteiger charge is 2.35. The van der Waals surface area contributed by atoms with Crippen LogP contribution in [0.3, 0.4) is 0 Å². The van der Waals surface area contributed by atoms with Crippen LogP contribution in [0.2, 0.25) is 5.15 Å². The normalized spacial score (nSPS) is 14.9. The van der Waals surface area contributed by atoms with Gasteiger partial charge in [-0.1, -0.05) is 29.8 Å². The average molecular weight is 554 g/mol. The maximum atomic E-state index is 13.3. The zero-order valence-electron chi connectivity index (χ0n) is 18.5. The van der Waals surface area contributed by atoms with E-state index < -0.39 is 11.8 Å². The molecule has 36 heavy (non-hydrogen) atoms. The third-order valence-corrected chi connectivity index (χ3v) is 7.82. The SMILES string of the molecule is Cn1ccnc1Sc1nc(Cl)c(/C=C2\C(=O)NC(=S)N(c3ccc(Oc4ccccc4)cc3)C2=O)s1. The summed E-state index contributed by atoms with van der Waals surface area (Å²) < 4.78 is 8.29. The predicted octanol–water partition coefficient (Wildman–Crippen LogP) is 5.30. The van der Waals surface area contributed by atoms with Crippen LogP contribution in [0.1, 0.15) is 4.88 Å². The molecule has 8 nitrogen and oxygen atoms in total. The molecule has 0 radical (unpaired) electrons. The Morgan fingerprint density at radius 3 is 2.53 bits per heavy atom. The molecule has 0 aliphatic carbocycles. The first-order chi connectivity index (χ1) is 17.4. The number of carbonyl (C=O) groups excluding carboxylic acids is 2. The molecule has 2 aromatic carbocycles. The number of hydrogen-bond acceptors (Lipinski definition) is 8. The summed E-state index contributed by atoms with van der Waals surface area (Å²) >= 11 is 14.2. The summed E-state index contributed by atoms with van der Waals surface area (Å²) in [5.74, 6) is 0.111. The van der Waals surface area contributed by atoms with E-state index in [0.717, 1.165) is 5.16 Å². The zero-order valence-corrected chi connectivity index (χ0v) is 21.7. The molecule has 1 aliphatic rings. The standard InChI is InChI=1S/C24H16ClN5O3S3/c1-29-12-11-26-23(29)36-24-27-19(25)18(35-24)13-17-20(31)28-22(34)30(21(17)32)14-7-9-16(10-8-14)33-15-5-3-2-4-6-15/h2-13H,1H3,(H,28,31,34)/b17-13+. The lowest BCUT2D eigenvalue weighted by molar-refractivity contribution is -0.122. The third kappa shape index (κ3) is 5.05. The van der Waals surface area contributed by atoms with E-state index >= 15 is 0 Å². The molecule has 4 aromatic rings. The molecule has 0 spiro atoms. The quantitative estimate of drug-likeness (QED) is 0.197. The van der Waals surface area contributed by atoms with Crippen LogP contribution in [-0.2, 0) is 16.6 Å². The van der Waals surface area contributed by atoms with E-state index in [9.17, 15) is 9.59 Å². The summed E-state index contributed by atoms with van der Waals surface area (Å²) in [4.78, 5) is 36.3. The molecule has 3 heterocycles. The van der Waals surface area contributed by atoms with Gasteiger partial charge in [0.1, 0.15) is 22.2 Å². The highest BCUT2D eigenvalue weighted by molar-refractivity contribution is 8.00. The lowest BCUT2D eigenvalue weighted by atomic mass is 10.1. The molecule has 1 fully saturated rings. The van der Waals surface area contributed by atoms with Crippen molar-refractivity contribution in [1.29, 1.82) is 0 Å². The van der Waals surface area contributed by atoms with Crippen molar-refractivity contribution in [3.05, 3.63) is 82.6 Å². The van der Waals surface area contributed by atoms with Gasteiger partial charge in [0.15, 0.2) is 14.6 Å². The summed E-state index contributed by atoms with van der Waals surface area (Å²) in [6.07, 6.45) is 4.94. The molecule has 1 aliphatic heterocycles. The Morgan fingerprint density at radius 1 is 1.11 bits per heavy atom. The van der Waals surface area contributed by atoms with Crippen LogP contribution in [0, 0.1) is 0 Å². The number of nitrogens with one attached hydrogen (secondary N) is 1. The molecule has 0 atom stereocenters. The number of ether oxygens (including phenoxy) is 1. The Balaban J connectivity index is 1.39. The molecule has 2 amide bonds. The van der Waals surface area contributed by atoms with Crippen LogP contribution in [0.5, 0.6) is 11.5 Å².